The van der Waals surface area contributed by atoms with Gasteiger partial charge in [-0.05, 0) is 36.6 Å². The molecule has 0 fully saturated rings. The van der Waals surface area contributed by atoms with Gasteiger partial charge in [0.05, 0.1) is 5.97 Å². The number of aromatic carboxylic acids is 1. The van der Waals surface area contributed by atoms with Gasteiger partial charge in [-0.15, -0.1) is 0 Å². The number of rotatable bonds is 6. The van der Waals surface area contributed by atoms with E-state index in [0.29, 0.717) is 24.2 Å². The Labute approximate surface area is 107 Å². The van der Waals surface area contributed by atoms with Crippen molar-refractivity contribution >= 4 is 11.9 Å². The number of hydrogen-bond acceptors (Lipinski definition) is 4. The zero-order valence-corrected chi connectivity index (χ0v) is 10.7. The van der Waals surface area contributed by atoms with Crippen LogP contribution in [0.2, 0.25) is 0 Å². The molecule has 0 unspecified atom stereocenters. The molecule has 0 aromatic heterocycles. The maximum atomic E-state index is 11.3. The summed E-state index contributed by atoms with van der Waals surface area (Å²) in [7, 11) is 0. The van der Waals surface area contributed by atoms with Gasteiger partial charge in [0.25, 0.3) is 0 Å². The van der Waals surface area contributed by atoms with Crippen molar-refractivity contribution in [2.24, 2.45) is 0 Å². The number of carbonyl (C=O) groups excluding carboxylic acids is 2. The van der Waals surface area contributed by atoms with Gasteiger partial charge in [0, 0.05) is 12.0 Å². The molecular formula is C14H17O4-. The summed E-state index contributed by atoms with van der Waals surface area (Å²) in [6, 6.07) is 4.51. The van der Waals surface area contributed by atoms with E-state index in [-0.39, 0.29) is 11.5 Å². The van der Waals surface area contributed by atoms with Gasteiger partial charge in [-0.25, -0.2) is 0 Å². The van der Waals surface area contributed by atoms with Gasteiger partial charge < -0.3 is 14.6 Å². The molecule has 0 aliphatic heterocycles. The van der Waals surface area contributed by atoms with E-state index in [4.69, 9.17) is 4.74 Å². The molecule has 4 heteroatoms. The molecule has 18 heavy (non-hydrogen) atoms. The van der Waals surface area contributed by atoms with Crippen LogP contribution in [-0.4, -0.2) is 11.9 Å². The molecule has 0 saturated carbocycles. The minimum atomic E-state index is -1.20. The lowest BCUT2D eigenvalue weighted by Crippen LogP contribution is -2.23. The topological polar surface area (TPSA) is 66.4 Å². The summed E-state index contributed by atoms with van der Waals surface area (Å²) >= 11 is 0. The first-order valence-electron chi connectivity index (χ1n) is 6.13. The van der Waals surface area contributed by atoms with Gasteiger partial charge in [0.15, 0.2) is 0 Å². The third-order valence-corrected chi connectivity index (χ3v) is 2.50. The van der Waals surface area contributed by atoms with Crippen LogP contribution < -0.4 is 9.84 Å². The van der Waals surface area contributed by atoms with Crippen LogP contribution in [0.5, 0.6) is 5.75 Å². The Balaban J connectivity index is 2.92. The maximum Gasteiger partial charge on any atom is 0.311 e. The third kappa shape index (κ3) is 3.87. The molecule has 0 bridgehead atoms. The number of hydrogen-bond donors (Lipinski definition) is 0. The van der Waals surface area contributed by atoms with Crippen LogP contribution in [0, 0.1) is 0 Å². The lowest BCUT2D eigenvalue weighted by molar-refractivity contribution is -0.255. The Hall–Kier alpha value is -1.84. The van der Waals surface area contributed by atoms with E-state index in [1.807, 2.05) is 13.8 Å². The van der Waals surface area contributed by atoms with Crippen LogP contribution in [-0.2, 0) is 11.2 Å². The molecule has 0 amide bonds. The summed E-state index contributed by atoms with van der Waals surface area (Å²) in [4.78, 5) is 22.3. The number of esters is 1. The van der Waals surface area contributed by atoms with Crippen LogP contribution in [0.25, 0.3) is 0 Å². The molecule has 0 spiro atoms. The Bertz CT molecular complexity index is 437. The van der Waals surface area contributed by atoms with Gasteiger partial charge in [-0.2, -0.15) is 0 Å². The minimum Gasteiger partial charge on any atom is -0.545 e. The molecule has 0 atom stereocenters. The van der Waals surface area contributed by atoms with E-state index < -0.39 is 5.97 Å². The van der Waals surface area contributed by atoms with E-state index >= 15 is 0 Å². The van der Waals surface area contributed by atoms with Crippen LogP contribution >= 0.6 is 0 Å². The Kier molecular flexibility index (Phi) is 5.36. The zero-order chi connectivity index (χ0) is 13.5. The number of ether oxygens (including phenoxy) is 1. The second-order valence-electron chi connectivity index (χ2n) is 4.08. The quantitative estimate of drug-likeness (QED) is 0.568. The number of carboxylic acids is 1. The smallest absolute Gasteiger partial charge is 0.311 e. The lowest BCUT2D eigenvalue weighted by atomic mass is 10.0. The van der Waals surface area contributed by atoms with Gasteiger partial charge in [0.1, 0.15) is 5.75 Å². The Morgan fingerprint density at radius 1 is 1.22 bits per heavy atom. The van der Waals surface area contributed by atoms with Crippen molar-refractivity contribution in [1.82, 2.24) is 0 Å². The van der Waals surface area contributed by atoms with Crippen molar-refractivity contribution < 1.29 is 19.4 Å². The highest BCUT2D eigenvalue weighted by Gasteiger charge is 2.08. The summed E-state index contributed by atoms with van der Waals surface area (Å²) in [5.41, 5.74) is 0.798. The number of carboxylic acid groups (broad SMARTS) is 1. The fourth-order valence-corrected chi connectivity index (χ4v) is 1.70. The van der Waals surface area contributed by atoms with Gasteiger partial charge >= 0.3 is 5.97 Å². The first kappa shape index (κ1) is 14.2. The first-order valence-corrected chi connectivity index (χ1v) is 6.13. The molecule has 0 N–H and O–H groups in total. The number of benzene rings is 1. The van der Waals surface area contributed by atoms with Crippen molar-refractivity contribution in [2.45, 2.75) is 39.5 Å². The van der Waals surface area contributed by atoms with E-state index in [1.54, 1.807) is 6.07 Å². The second-order valence-corrected chi connectivity index (χ2v) is 4.08. The largest absolute Gasteiger partial charge is 0.545 e. The fourth-order valence-electron chi connectivity index (χ4n) is 1.70. The minimum absolute atomic E-state index is 0.159. The van der Waals surface area contributed by atoms with Crippen molar-refractivity contribution in [3.8, 4) is 5.75 Å². The molecule has 98 valence electrons. The molecular weight excluding hydrogens is 232 g/mol. The summed E-state index contributed by atoms with van der Waals surface area (Å²) in [5.74, 6) is -1.12. The monoisotopic (exact) mass is 249 g/mol. The van der Waals surface area contributed by atoms with Gasteiger partial charge in [0.2, 0.25) is 0 Å². The zero-order valence-electron chi connectivity index (χ0n) is 10.7. The van der Waals surface area contributed by atoms with Crippen molar-refractivity contribution in [1.29, 1.82) is 0 Å². The summed E-state index contributed by atoms with van der Waals surface area (Å²) in [6.45, 7) is 3.85. The number of aryl methyl sites for hydroxylation is 1. The van der Waals surface area contributed by atoms with Crippen LogP contribution in [0.1, 0.15) is 49.0 Å². The van der Waals surface area contributed by atoms with Gasteiger partial charge in [-0.1, -0.05) is 20.3 Å². The highest BCUT2D eigenvalue weighted by molar-refractivity contribution is 5.88. The van der Waals surface area contributed by atoms with Crippen molar-refractivity contribution in [3.63, 3.8) is 0 Å². The summed E-state index contributed by atoms with van der Waals surface area (Å²) in [5, 5.41) is 10.9. The SMILES string of the molecule is CCCC(=O)Oc1ccc(C(=O)[O-])c(CCC)c1. The Morgan fingerprint density at radius 2 is 1.94 bits per heavy atom. The second kappa shape index (κ2) is 6.79. The molecule has 0 saturated heterocycles. The number of carbonyl (C=O) groups is 2. The molecule has 1 aromatic carbocycles. The average Bonchev–Trinajstić information content (AvgIpc) is 2.29. The summed E-state index contributed by atoms with van der Waals surface area (Å²) in [6.07, 6.45) is 2.50. The first-order chi connectivity index (χ1) is 8.58. The van der Waals surface area contributed by atoms with Crippen LogP contribution in [0.3, 0.4) is 0 Å². The van der Waals surface area contributed by atoms with Crippen LogP contribution in [0.4, 0.5) is 0 Å². The van der Waals surface area contributed by atoms with Gasteiger partial charge in [-0.3, -0.25) is 4.79 Å². The highest BCUT2D eigenvalue weighted by atomic mass is 16.5. The van der Waals surface area contributed by atoms with Crippen molar-refractivity contribution in [2.75, 3.05) is 0 Å². The molecule has 0 heterocycles. The molecule has 1 aromatic rings. The maximum absolute atomic E-state index is 11.3. The third-order valence-electron chi connectivity index (χ3n) is 2.50. The van der Waals surface area contributed by atoms with Crippen LogP contribution in [0.15, 0.2) is 18.2 Å². The van der Waals surface area contributed by atoms with E-state index in [2.05, 4.69) is 0 Å². The van der Waals surface area contributed by atoms with E-state index in [1.165, 1.54) is 12.1 Å². The average molecular weight is 249 g/mol. The molecule has 1 rings (SSSR count). The fraction of sp³-hybridized carbons (Fsp3) is 0.429. The normalized spacial score (nSPS) is 10.1. The van der Waals surface area contributed by atoms with Crippen molar-refractivity contribution in [3.05, 3.63) is 29.3 Å². The molecule has 0 radical (unpaired) electrons. The van der Waals surface area contributed by atoms with E-state index in [0.717, 1.165) is 12.8 Å². The highest BCUT2D eigenvalue weighted by Crippen LogP contribution is 2.19. The Morgan fingerprint density at radius 3 is 2.50 bits per heavy atom. The predicted molar refractivity (Wildman–Crippen MR) is 65.3 cm³/mol. The standard InChI is InChI=1S/C14H18O4/c1-3-5-10-9-11(18-13(15)6-4-2)7-8-12(10)14(16)17/h7-9H,3-6H2,1-2H3,(H,16,17)/p-1. The molecule has 0 aliphatic carbocycles. The molecule has 0 aliphatic rings. The molecule has 4 nitrogen and oxygen atoms in total. The van der Waals surface area contributed by atoms with E-state index in [9.17, 15) is 14.7 Å². The lowest BCUT2D eigenvalue weighted by Gasteiger charge is -2.12. The summed E-state index contributed by atoms with van der Waals surface area (Å²) < 4.78 is 5.12. The predicted octanol–water partition coefficient (Wildman–Crippen LogP) is 1.71.